The number of rotatable bonds is 4. The number of hydrogen-bond acceptors (Lipinski definition) is 3. The molecule has 94 valence electrons. The molecule has 0 unspecified atom stereocenters. The minimum Gasteiger partial charge on any atom is -0.486 e. The van der Waals surface area contributed by atoms with E-state index in [0.717, 1.165) is 11.3 Å². The molecular formula is C14H15ClN2O. The molecule has 1 heterocycles. The van der Waals surface area contributed by atoms with Gasteiger partial charge in [0.05, 0.1) is 10.7 Å². The Hall–Kier alpha value is -1.58. The Morgan fingerprint density at radius 2 is 2.17 bits per heavy atom. The van der Waals surface area contributed by atoms with E-state index in [0.29, 0.717) is 17.4 Å². The van der Waals surface area contributed by atoms with Crippen molar-refractivity contribution in [1.29, 1.82) is 0 Å². The molecule has 4 heteroatoms. The summed E-state index contributed by atoms with van der Waals surface area (Å²) in [6, 6.07) is 11.3. The van der Waals surface area contributed by atoms with Crippen LogP contribution >= 0.6 is 11.6 Å². The number of halogens is 1. The molecule has 0 amide bonds. The van der Waals surface area contributed by atoms with E-state index in [-0.39, 0.29) is 6.04 Å². The molecule has 1 aromatic heterocycles. The molecule has 0 aliphatic heterocycles. The van der Waals surface area contributed by atoms with Crippen LogP contribution in [0.1, 0.15) is 24.2 Å². The van der Waals surface area contributed by atoms with E-state index in [9.17, 15) is 0 Å². The van der Waals surface area contributed by atoms with Gasteiger partial charge in [-0.05, 0) is 36.8 Å². The minimum absolute atomic E-state index is 0.0349. The average molecular weight is 263 g/mol. The Morgan fingerprint density at radius 1 is 1.33 bits per heavy atom. The van der Waals surface area contributed by atoms with Crippen LogP contribution in [-0.4, -0.2) is 4.98 Å². The molecule has 1 aromatic carbocycles. The van der Waals surface area contributed by atoms with Gasteiger partial charge in [0.2, 0.25) is 0 Å². The fourth-order valence-corrected chi connectivity index (χ4v) is 1.80. The first-order valence-corrected chi connectivity index (χ1v) is 6.12. The predicted molar refractivity (Wildman–Crippen MR) is 72.6 cm³/mol. The summed E-state index contributed by atoms with van der Waals surface area (Å²) in [7, 11) is 0. The van der Waals surface area contributed by atoms with Crippen molar-refractivity contribution in [3.8, 4) is 5.75 Å². The summed E-state index contributed by atoms with van der Waals surface area (Å²) in [5, 5.41) is 0.570. The Bertz CT molecular complexity index is 514. The van der Waals surface area contributed by atoms with E-state index >= 15 is 0 Å². The van der Waals surface area contributed by atoms with Crippen LogP contribution in [-0.2, 0) is 6.61 Å². The van der Waals surface area contributed by atoms with Crippen LogP contribution in [0.25, 0.3) is 0 Å². The van der Waals surface area contributed by atoms with Crippen LogP contribution < -0.4 is 10.5 Å². The summed E-state index contributed by atoms with van der Waals surface area (Å²) >= 11 is 6.14. The van der Waals surface area contributed by atoms with Crippen LogP contribution in [0.5, 0.6) is 5.75 Å². The highest BCUT2D eigenvalue weighted by molar-refractivity contribution is 6.32. The molecule has 0 saturated carbocycles. The summed E-state index contributed by atoms with van der Waals surface area (Å²) < 4.78 is 5.62. The van der Waals surface area contributed by atoms with Crippen molar-refractivity contribution in [3.05, 3.63) is 58.9 Å². The van der Waals surface area contributed by atoms with E-state index in [1.807, 2.05) is 43.3 Å². The maximum Gasteiger partial charge on any atom is 0.138 e. The molecule has 2 aromatic rings. The van der Waals surface area contributed by atoms with Gasteiger partial charge in [-0.25, -0.2) is 0 Å². The quantitative estimate of drug-likeness (QED) is 0.919. The first kappa shape index (κ1) is 12.9. The van der Waals surface area contributed by atoms with Gasteiger partial charge in [-0.2, -0.15) is 0 Å². The monoisotopic (exact) mass is 262 g/mol. The van der Waals surface area contributed by atoms with E-state index in [1.54, 1.807) is 6.20 Å². The zero-order chi connectivity index (χ0) is 13.0. The van der Waals surface area contributed by atoms with Gasteiger partial charge in [-0.15, -0.1) is 0 Å². The smallest absolute Gasteiger partial charge is 0.138 e. The highest BCUT2D eigenvalue weighted by Gasteiger charge is 2.06. The third-order valence-corrected chi connectivity index (χ3v) is 2.88. The molecule has 0 bridgehead atoms. The zero-order valence-electron chi connectivity index (χ0n) is 10.1. The maximum atomic E-state index is 6.14. The van der Waals surface area contributed by atoms with Gasteiger partial charge < -0.3 is 10.5 Å². The van der Waals surface area contributed by atoms with E-state index < -0.39 is 0 Å². The van der Waals surface area contributed by atoms with Crippen molar-refractivity contribution < 1.29 is 4.74 Å². The number of hydrogen-bond donors (Lipinski definition) is 1. The largest absolute Gasteiger partial charge is 0.486 e. The number of ether oxygens (including phenoxy) is 1. The van der Waals surface area contributed by atoms with Gasteiger partial charge in [0.15, 0.2) is 0 Å². The summed E-state index contributed by atoms with van der Waals surface area (Å²) in [4.78, 5) is 4.18. The number of aromatic nitrogens is 1. The Morgan fingerprint density at radius 3 is 2.78 bits per heavy atom. The highest BCUT2D eigenvalue weighted by Crippen LogP contribution is 2.27. The fourth-order valence-electron chi connectivity index (χ4n) is 1.55. The van der Waals surface area contributed by atoms with Gasteiger partial charge in [0, 0.05) is 12.2 Å². The fraction of sp³-hybridized carbons (Fsp3) is 0.214. The van der Waals surface area contributed by atoms with Gasteiger partial charge in [0.1, 0.15) is 12.4 Å². The number of nitrogens with two attached hydrogens (primary N) is 1. The molecule has 0 saturated heterocycles. The Labute approximate surface area is 112 Å². The molecule has 0 aliphatic rings. The highest BCUT2D eigenvalue weighted by atomic mass is 35.5. The van der Waals surface area contributed by atoms with Crippen LogP contribution in [0.3, 0.4) is 0 Å². The molecule has 18 heavy (non-hydrogen) atoms. The van der Waals surface area contributed by atoms with Crippen LogP contribution in [0.4, 0.5) is 0 Å². The molecule has 1 atom stereocenters. The standard InChI is InChI=1S/C14H15ClN2O/c1-10(16)11-5-6-14(13(15)8-11)18-9-12-4-2-3-7-17-12/h2-8,10H,9,16H2,1H3/t10-/m1/s1. The summed E-state index contributed by atoms with van der Waals surface area (Å²) in [6.45, 7) is 2.32. The lowest BCUT2D eigenvalue weighted by atomic mass is 10.1. The molecule has 3 nitrogen and oxygen atoms in total. The number of pyridine rings is 1. The van der Waals surface area contributed by atoms with Crippen molar-refractivity contribution in [2.24, 2.45) is 5.73 Å². The van der Waals surface area contributed by atoms with Crippen molar-refractivity contribution in [3.63, 3.8) is 0 Å². The van der Waals surface area contributed by atoms with Crippen molar-refractivity contribution in [2.75, 3.05) is 0 Å². The normalized spacial score (nSPS) is 12.2. The lowest BCUT2D eigenvalue weighted by Crippen LogP contribution is -2.05. The van der Waals surface area contributed by atoms with Crippen molar-refractivity contribution >= 4 is 11.6 Å². The summed E-state index contributed by atoms with van der Waals surface area (Å²) in [5.41, 5.74) is 7.64. The Balaban J connectivity index is 2.06. The number of benzene rings is 1. The van der Waals surface area contributed by atoms with Gasteiger partial charge in [-0.3, -0.25) is 4.98 Å². The minimum atomic E-state index is -0.0349. The molecule has 2 N–H and O–H groups in total. The van der Waals surface area contributed by atoms with E-state index in [1.165, 1.54) is 0 Å². The first-order chi connectivity index (χ1) is 8.66. The molecule has 2 rings (SSSR count). The second kappa shape index (κ2) is 5.85. The van der Waals surface area contributed by atoms with Crippen LogP contribution in [0.15, 0.2) is 42.6 Å². The van der Waals surface area contributed by atoms with E-state index in [2.05, 4.69) is 4.98 Å². The van der Waals surface area contributed by atoms with Crippen molar-refractivity contribution in [1.82, 2.24) is 4.98 Å². The van der Waals surface area contributed by atoms with E-state index in [4.69, 9.17) is 22.1 Å². The molecular weight excluding hydrogens is 248 g/mol. The zero-order valence-corrected chi connectivity index (χ0v) is 10.9. The lowest BCUT2D eigenvalue weighted by Gasteiger charge is -2.10. The van der Waals surface area contributed by atoms with Crippen molar-refractivity contribution in [2.45, 2.75) is 19.6 Å². The van der Waals surface area contributed by atoms with Gasteiger partial charge >= 0.3 is 0 Å². The lowest BCUT2D eigenvalue weighted by molar-refractivity contribution is 0.301. The van der Waals surface area contributed by atoms with Gasteiger partial charge in [0.25, 0.3) is 0 Å². The topological polar surface area (TPSA) is 48.1 Å². The second-order valence-electron chi connectivity index (χ2n) is 4.09. The number of nitrogens with zero attached hydrogens (tertiary/aromatic N) is 1. The first-order valence-electron chi connectivity index (χ1n) is 5.74. The average Bonchev–Trinajstić information content (AvgIpc) is 2.38. The second-order valence-corrected chi connectivity index (χ2v) is 4.50. The summed E-state index contributed by atoms with van der Waals surface area (Å²) in [6.07, 6.45) is 1.74. The third kappa shape index (κ3) is 3.22. The summed E-state index contributed by atoms with van der Waals surface area (Å²) in [5.74, 6) is 0.645. The van der Waals surface area contributed by atoms with Crippen LogP contribution in [0.2, 0.25) is 5.02 Å². The molecule has 0 fully saturated rings. The molecule has 0 radical (unpaired) electrons. The molecule has 0 aliphatic carbocycles. The SMILES string of the molecule is C[C@@H](N)c1ccc(OCc2ccccn2)c(Cl)c1. The molecule has 0 spiro atoms. The Kier molecular flexibility index (Phi) is 4.18. The van der Waals surface area contributed by atoms with Crippen LogP contribution in [0, 0.1) is 0 Å². The third-order valence-electron chi connectivity index (χ3n) is 2.58. The van der Waals surface area contributed by atoms with Gasteiger partial charge in [-0.1, -0.05) is 23.7 Å². The maximum absolute atomic E-state index is 6.14. The predicted octanol–water partition coefficient (Wildman–Crippen LogP) is 3.33.